The molecule has 8 nitrogen and oxygen atoms in total. The topological polar surface area (TPSA) is 97.3 Å². The monoisotopic (exact) mass is 463 g/mol. The first-order chi connectivity index (χ1) is 16.9. The number of halogens is 2. The first-order valence-electron chi connectivity index (χ1n) is 11.2. The lowest BCUT2D eigenvalue weighted by atomic mass is 9.92. The largest absolute Gasteiger partial charge is 0.497 e. The molecule has 0 bridgehead atoms. The van der Waals surface area contributed by atoms with Gasteiger partial charge in [-0.3, -0.25) is 10.1 Å². The Labute approximate surface area is 194 Å². The lowest BCUT2D eigenvalue weighted by Gasteiger charge is -2.11. The highest BCUT2D eigenvalue weighted by molar-refractivity contribution is 5.94. The zero-order valence-corrected chi connectivity index (χ0v) is 18.3. The molecule has 1 aliphatic carbocycles. The number of ether oxygens (including phenoxy) is 2. The van der Waals surface area contributed by atoms with E-state index in [0.29, 0.717) is 17.8 Å². The van der Waals surface area contributed by atoms with Crippen LogP contribution in [0.15, 0.2) is 47.6 Å². The number of benzene rings is 2. The van der Waals surface area contributed by atoms with Crippen molar-refractivity contribution in [2.24, 2.45) is 4.99 Å². The van der Waals surface area contributed by atoms with Gasteiger partial charge in [-0.15, -0.1) is 0 Å². The van der Waals surface area contributed by atoms with E-state index in [2.05, 4.69) is 35.2 Å². The third-order valence-electron chi connectivity index (χ3n) is 6.34. The summed E-state index contributed by atoms with van der Waals surface area (Å²) in [5.74, 6) is 1.60. The number of hydrogen-bond donors (Lipinski definition) is 2. The molecule has 172 valence electrons. The van der Waals surface area contributed by atoms with Crippen molar-refractivity contribution >= 4 is 34.4 Å². The Morgan fingerprint density at radius 3 is 2.94 bits per heavy atom. The molecule has 0 radical (unpaired) electrons. The first kappa shape index (κ1) is 19.4. The summed E-state index contributed by atoms with van der Waals surface area (Å²) < 4.78 is 44.1. The molecule has 2 aliphatic rings. The molecular formula is C24H20F2N6O2. The van der Waals surface area contributed by atoms with E-state index in [9.17, 15) is 8.78 Å². The highest BCUT2D eigenvalue weighted by atomic mass is 19.3. The van der Waals surface area contributed by atoms with Crippen molar-refractivity contribution in [1.82, 2.24) is 20.2 Å². The minimum Gasteiger partial charge on any atom is -0.497 e. The number of anilines is 2. The fraction of sp³-hybridized carbons (Fsp3) is 0.250. The lowest BCUT2D eigenvalue weighted by Crippen LogP contribution is -2.07. The maximum absolute atomic E-state index is 12.8. The van der Waals surface area contributed by atoms with Gasteiger partial charge in [0, 0.05) is 17.0 Å². The van der Waals surface area contributed by atoms with Crippen molar-refractivity contribution in [3.63, 3.8) is 0 Å². The molecule has 2 atom stereocenters. The number of aliphatic imine (C=N–C) groups is 1. The molecule has 6 rings (SSSR count). The molecule has 1 saturated carbocycles. The molecule has 0 amide bonds. The van der Waals surface area contributed by atoms with Gasteiger partial charge in [0.25, 0.3) is 0 Å². The number of H-pyrrole nitrogens is 1. The Hall–Kier alpha value is -4.08. The maximum atomic E-state index is 12.8. The molecule has 2 N–H and O–H groups in total. The Bertz CT molecular complexity index is 1510. The van der Waals surface area contributed by atoms with Crippen molar-refractivity contribution in [2.45, 2.75) is 31.3 Å². The number of fused-ring (bicyclic) bond motifs is 3. The van der Waals surface area contributed by atoms with Crippen molar-refractivity contribution in [3.05, 3.63) is 59.5 Å². The van der Waals surface area contributed by atoms with E-state index >= 15 is 0 Å². The number of hydrogen-bond acceptors (Lipinski definition) is 7. The van der Waals surface area contributed by atoms with Crippen molar-refractivity contribution < 1.29 is 19.6 Å². The fourth-order valence-electron chi connectivity index (χ4n) is 4.60. The Morgan fingerprint density at radius 2 is 2.12 bits per heavy atom. The van der Waals surface area contributed by atoms with Gasteiger partial charge in [-0.25, -0.2) is 9.97 Å². The van der Waals surface area contributed by atoms with Gasteiger partial charge in [0.05, 0.1) is 25.9 Å². The van der Waals surface area contributed by atoms with Crippen LogP contribution in [0, 0.1) is 6.92 Å². The number of rotatable bonds is 6. The summed E-state index contributed by atoms with van der Waals surface area (Å²) in [4.78, 5) is 12.6. The van der Waals surface area contributed by atoms with Crippen LogP contribution in [-0.2, 0) is 5.41 Å². The van der Waals surface area contributed by atoms with E-state index in [4.69, 9.17) is 6.11 Å². The number of nitrogens with zero attached hydrogens (tertiary/aromatic N) is 4. The zero-order valence-electron chi connectivity index (χ0n) is 19.3. The summed E-state index contributed by atoms with van der Waals surface area (Å²) in [7, 11) is 1.62. The number of aromatic amines is 1. The molecule has 1 spiro atoms. The van der Waals surface area contributed by atoms with Gasteiger partial charge < -0.3 is 14.8 Å². The molecule has 1 fully saturated rings. The standard InChI is InChI=1S/C24H20F2N6O2/c1-12-27-10-20(34-23(25)26)22(29-12)30-21-15-5-3-13(7-19(15)31-32-21)17-9-24(17)11-28-18-6-4-14(33-2)8-16(18)24/h3-8,10-11,17,23H,9H2,1-2H3,(H2,27,29,30,31,32)/t17-,24-/m0/s1/i11D. The number of methoxy groups -OCH3 is 1. The molecule has 34 heavy (non-hydrogen) atoms. The Morgan fingerprint density at radius 1 is 1.24 bits per heavy atom. The van der Waals surface area contributed by atoms with E-state index in [1.54, 1.807) is 14.0 Å². The van der Waals surface area contributed by atoms with Crippen LogP contribution in [0.3, 0.4) is 0 Å². The van der Waals surface area contributed by atoms with Crippen LogP contribution in [0.2, 0.25) is 0 Å². The Kier molecular flexibility index (Phi) is 4.26. The summed E-state index contributed by atoms with van der Waals surface area (Å²) in [6.07, 6.45) is 2.35. The third-order valence-corrected chi connectivity index (χ3v) is 6.34. The van der Waals surface area contributed by atoms with Crippen LogP contribution in [0.1, 0.15) is 30.7 Å². The van der Waals surface area contributed by atoms with Crippen molar-refractivity contribution in [1.29, 1.82) is 0 Å². The van der Waals surface area contributed by atoms with Gasteiger partial charge >= 0.3 is 6.61 Å². The van der Waals surface area contributed by atoms with Gasteiger partial charge in [-0.05, 0) is 60.7 Å². The second kappa shape index (κ2) is 7.47. The molecule has 2 aromatic carbocycles. The van der Waals surface area contributed by atoms with Crippen LogP contribution in [0.5, 0.6) is 11.5 Å². The van der Waals surface area contributed by atoms with E-state index < -0.39 is 12.0 Å². The molecule has 0 unspecified atom stereocenters. The second-order valence-electron chi connectivity index (χ2n) is 8.35. The van der Waals surface area contributed by atoms with Gasteiger partial charge in [0.15, 0.2) is 17.4 Å². The Balaban J connectivity index is 1.31. The normalized spacial score (nSPS) is 20.9. The SMILES string of the molecule is [2H]C1=Nc2ccc(OC)cc2[C@]12C[C@H]2c1ccc2c(Nc3nc(C)ncc3OC(F)F)n[nH]c2c1. The minimum absolute atomic E-state index is 0.1000. The van der Waals surface area contributed by atoms with Gasteiger partial charge in [-0.1, -0.05) is 6.07 Å². The van der Waals surface area contributed by atoms with Crippen LogP contribution >= 0.6 is 0 Å². The summed E-state index contributed by atoms with van der Waals surface area (Å²) >= 11 is 0. The number of nitrogens with one attached hydrogen (secondary N) is 2. The molecule has 2 aromatic heterocycles. The van der Waals surface area contributed by atoms with E-state index in [-0.39, 0.29) is 17.5 Å². The molecule has 3 heterocycles. The predicted molar refractivity (Wildman–Crippen MR) is 123 cm³/mol. The quantitative estimate of drug-likeness (QED) is 0.410. The van der Waals surface area contributed by atoms with Crippen LogP contribution in [0.4, 0.5) is 26.1 Å². The lowest BCUT2D eigenvalue weighted by molar-refractivity contribution is -0.0498. The van der Waals surface area contributed by atoms with Gasteiger partial charge in [-0.2, -0.15) is 13.9 Å². The predicted octanol–water partition coefficient (Wildman–Crippen LogP) is 5.16. The number of aromatic nitrogens is 4. The smallest absolute Gasteiger partial charge is 0.387 e. The van der Waals surface area contributed by atoms with Gasteiger partial charge in [0.2, 0.25) is 0 Å². The van der Waals surface area contributed by atoms with Crippen molar-refractivity contribution in [3.8, 4) is 11.5 Å². The second-order valence-corrected chi connectivity index (χ2v) is 8.35. The van der Waals surface area contributed by atoms with Crippen molar-refractivity contribution in [2.75, 3.05) is 12.4 Å². The average Bonchev–Trinajstić information content (AvgIpc) is 3.39. The molecule has 0 saturated heterocycles. The zero-order chi connectivity index (χ0) is 24.3. The first-order valence-corrected chi connectivity index (χ1v) is 10.7. The van der Waals surface area contributed by atoms with Crippen LogP contribution in [-0.4, -0.2) is 40.1 Å². The third kappa shape index (κ3) is 3.25. The van der Waals surface area contributed by atoms with E-state index in [0.717, 1.165) is 39.9 Å². The summed E-state index contributed by atoms with van der Waals surface area (Å²) in [6, 6.07) is 11.6. The van der Waals surface area contributed by atoms with Crippen LogP contribution in [0.25, 0.3) is 10.9 Å². The minimum atomic E-state index is -3.00. The van der Waals surface area contributed by atoms with Crippen LogP contribution < -0.4 is 14.8 Å². The number of aryl methyl sites for hydroxylation is 1. The van der Waals surface area contributed by atoms with E-state index in [1.807, 2.05) is 36.4 Å². The van der Waals surface area contributed by atoms with E-state index in [1.165, 1.54) is 6.20 Å². The molecular weight excluding hydrogens is 442 g/mol. The number of alkyl halides is 2. The van der Waals surface area contributed by atoms with Gasteiger partial charge in [0.1, 0.15) is 11.6 Å². The molecule has 1 aliphatic heterocycles. The summed E-state index contributed by atoms with van der Waals surface area (Å²) in [5.41, 5.74) is 3.21. The maximum Gasteiger partial charge on any atom is 0.387 e. The molecule has 10 heteroatoms. The summed E-state index contributed by atoms with van der Waals surface area (Å²) in [6.45, 7) is -1.35. The average molecular weight is 463 g/mol. The highest BCUT2D eigenvalue weighted by Gasteiger charge is 2.58. The summed E-state index contributed by atoms with van der Waals surface area (Å²) in [5, 5.41) is 11.0. The highest BCUT2D eigenvalue weighted by Crippen LogP contribution is 2.64. The fourth-order valence-corrected chi connectivity index (χ4v) is 4.60. The molecule has 4 aromatic rings.